The van der Waals surface area contributed by atoms with Crippen LogP contribution >= 0.6 is 0 Å². The van der Waals surface area contributed by atoms with Crippen molar-refractivity contribution >= 4 is 0 Å². The van der Waals surface area contributed by atoms with Crippen LogP contribution in [0.1, 0.15) is 26.2 Å². The summed E-state index contributed by atoms with van der Waals surface area (Å²) in [7, 11) is 0. The van der Waals surface area contributed by atoms with Crippen molar-refractivity contribution in [1.29, 1.82) is 0 Å². The van der Waals surface area contributed by atoms with Crippen molar-refractivity contribution < 1.29 is 13.5 Å². The van der Waals surface area contributed by atoms with Crippen LogP contribution in [0, 0.1) is 11.8 Å². The van der Waals surface area contributed by atoms with E-state index in [2.05, 4.69) is 11.7 Å². The largest absolute Gasteiger partial charge is 0.345 e. The number of hydrogen-bond donors (Lipinski definition) is 0. The third-order valence-electron chi connectivity index (χ3n) is 2.26. The minimum Gasteiger partial charge on any atom is -0.323 e. The second-order valence-corrected chi connectivity index (χ2v) is 3.38. The number of alkyl halides is 2. The van der Waals surface area contributed by atoms with Gasteiger partial charge >= 0.3 is 6.61 Å². The highest BCUT2D eigenvalue weighted by molar-refractivity contribution is 4.71. The number of hydrogen-bond acceptors (Lipinski definition) is 1. The minimum absolute atomic E-state index is 0.238. The lowest BCUT2D eigenvalue weighted by molar-refractivity contribution is -0.137. The normalized spacial score (nSPS) is 31.6. The Morgan fingerprint density at radius 3 is 2.64 bits per heavy atom. The summed E-state index contributed by atoms with van der Waals surface area (Å²) < 4.78 is 27.4. The van der Waals surface area contributed by atoms with E-state index in [-0.39, 0.29) is 6.61 Å². The summed E-state index contributed by atoms with van der Waals surface area (Å²) in [5.74, 6) is 1.07. The Balaban J connectivity index is 2.08. The van der Waals surface area contributed by atoms with E-state index < -0.39 is 6.61 Å². The van der Waals surface area contributed by atoms with E-state index in [9.17, 15) is 8.78 Å². The summed E-state index contributed by atoms with van der Waals surface area (Å²) in [4.78, 5) is 0. The highest BCUT2D eigenvalue weighted by atomic mass is 19.3. The quantitative estimate of drug-likeness (QED) is 0.623. The molecular formula is C8H14F2O. The van der Waals surface area contributed by atoms with Crippen LogP contribution in [0.2, 0.25) is 0 Å². The first kappa shape index (κ1) is 8.91. The molecule has 1 aliphatic rings. The number of halogens is 2. The molecule has 11 heavy (non-hydrogen) atoms. The lowest BCUT2D eigenvalue weighted by Crippen LogP contribution is -2.09. The molecule has 0 saturated heterocycles. The molecule has 66 valence electrons. The lowest BCUT2D eigenvalue weighted by Gasteiger charge is -2.08. The zero-order chi connectivity index (χ0) is 8.27. The van der Waals surface area contributed by atoms with Crippen molar-refractivity contribution in [3.8, 4) is 0 Å². The van der Waals surface area contributed by atoms with Gasteiger partial charge in [-0.25, -0.2) is 0 Å². The highest BCUT2D eigenvalue weighted by Gasteiger charge is 2.22. The zero-order valence-electron chi connectivity index (χ0n) is 6.72. The summed E-state index contributed by atoms with van der Waals surface area (Å²) in [6.07, 6.45) is 3.26. The molecule has 1 rings (SSSR count). The van der Waals surface area contributed by atoms with Gasteiger partial charge in [0.25, 0.3) is 0 Å². The van der Waals surface area contributed by atoms with Crippen LogP contribution in [0.3, 0.4) is 0 Å². The van der Waals surface area contributed by atoms with E-state index in [1.54, 1.807) is 0 Å². The van der Waals surface area contributed by atoms with Crippen LogP contribution in [0.4, 0.5) is 8.78 Å². The second kappa shape index (κ2) is 4.00. The molecule has 1 nitrogen and oxygen atoms in total. The Labute approximate surface area is 65.7 Å². The smallest absolute Gasteiger partial charge is 0.323 e. The van der Waals surface area contributed by atoms with E-state index in [0.29, 0.717) is 11.8 Å². The van der Waals surface area contributed by atoms with Crippen LogP contribution in [0.25, 0.3) is 0 Å². The molecule has 1 saturated carbocycles. The van der Waals surface area contributed by atoms with Gasteiger partial charge in [-0.1, -0.05) is 13.3 Å². The molecule has 1 fully saturated rings. The average Bonchev–Trinajstić information content (AvgIpc) is 2.31. The van der Waals surface area contributed by atoms with Gasteiger partial charge in [0.15, 0.2) is 0 Å². The Morgan fingerprint density at radius 2 is 2.18 bits per heavy atom. The summed E-state index contributed by atoms with van der Waals surface area (Å²) in [6.45, 7) is -0.199. The molecular weight excluding hydrogens is 150 g/mol. The maximum Gasteiger partial charge on any atom is 0.345 e. The Kier molecular flexibility index (Phi) is 3.24. The molecule has 0 N–H and O–H groups in total. The van der Waals surface area contributed by atoms with E-state index >= 15 is 0 Å². The van der Waals surface area contributed by atoms with Gasteiger partial charge in [0, 0.05) is 0 Å². The summed E-state index contributed by atoms with van der Waals surface area (Å²) in [5, 5.41) is 0. The van der Waals surface area contributed by atoms with Gasteiger partial charge in [0.2, 0.25) is 0 Å². The van der Waals surface area contributed by atoms with Crippen LogP contribution in [0.15, 0.2) is 0 Å². The van der Waals surface area contributed by atoms with Crippen molar-refractivity contribution in [2.75, 3.05) is 6.61 Å². The molecule has 1 unspecified atom stereocenters. The fourth-order valence-corrected chi connectivity index (χ4v) is 1.69. The van der Waals surface area contributed by atoms with Gasteiger partial charge in [-0.3, -0.25) is 0 Å². The Bertz CT molecular complexity index is 117. The molecule has 3 heteroatoms. The zero-order valence-corrected chi connectivity index (χ0v) is 6.72. The maximum atomic E-state index is 11.6. The van der Waals surface area contributed by atoms with Crippen LogP contribution in [0.5, 0.6) is 0 Å². The molecule has 0 heterocycles. The van der Waals surface area contributed by atoms with E-state index in [1.807, 2.05) is 0 Å². The van der Waals surface area contributed by atoms with Crippen molar-refractivity contribution in [3.63, 3.8) is 0 Å². The summed E-state index contributed by atoms with van der Waals surface area (Å²) in [6, 6.07) is 0. The Hall–Kier alpha value is -0.180. The van der Waals surface area contributed by atoms with Crippen molar-refractivity contribution in [1.82, 2.24) is 0 Å². The average molecular weight is 164 g/mol. The lowest BCUT2D eigenvalue weighted by atomic mass is 10.1. The van der Waals surface area contributed by atoms with Crippen LogP contribution in [-0.2, 0) is 4.74 Å². The topological polar surface area (TPSA) is 9.23 Å². The Morgan fingerprint density at radius 1 is 1.45 bits per heavy atom. The van der Waals surface area contributed by atoms with Gasteiger partial charge < -0.3 is 4.74 Å². The molecule has 0 amide bonds. The van der Waals surface area contributed by atoms with Gasteiger partial charge in [0.1, 0.15) is 0 Å². The standard InChI is InChI=1S/C8H14F2O/c1-6-2-3-7(4-6)5-11-8(9)10/h6-8H,2-5H2,1H3/t6-,7?/m1/s1. The molecule has 2 atom stereocenters. The van der Waals surface area contributed by atoms with Crippen molar-refractivity contribution in [2.45, 2.75) is 32.8 Å². The molecule has 0 aromatic rings. The third-order valence-corrected chi connectivity index (χ3v) is 2.26. The van der Waals surface area contributed by atoms with Gasteiger partial charge in [-0.05, 0) is 24.7 Å². The molecule has 1 aliphatic carbocycles. The predicted molar refractivity (Wildman–Crippen MR) is 38.5 cm³/mol. The third kappa shape index (κ3) is 3.14. The first-order valence-electron chi connectivity index (χ1n) is 4.08. The predicted octanol–water partition coefficient (Wildman–Crippen LogP) is 2.66. The van der Waals surface area contributed by atoms with Crippen LogP contribution < -0.4 is 0 Å². The summed E-state index contributed by atoms with van der Waals surface area (Å²) >= 11 is 0. The first-order valence-corrected chi connectivity index (χ1v) is 4.08. The summed E-state index contributed by atoms with van der Waals surface area (Å²) in [5.41, 5.74) is 0. The molecule has 0 radical (unpaired) electrons. The highest BCUT2D eigenvalue weighted by Crippen LogP contribution is 2.30. The molecule has 0 aromatic heterocycles. The van der Waals surface area contributed by atoms with Crippen molar-refractivity contribution in [3.05, 3.63) is 0 Å². The molecule has 0 bridgehead atoms. The van der Waals surface area contributed by atoms with E-state index in [1.165, 1.54) is 0 Å². The molecule has 0 aliphatic heterocycles. The number of ether oxygens (including phenoxy) is 1. The monoisotopic (exact) mass is 164 g/mol. The van der Waals surface area contributed by atoms with Crippen molar-refractivity contribution in [2.24, 2.45) is 11.8 Å². The fraction of sp³-hybridized carbons (Fsp3) is 1.00. The minimum atomic E-state index is -2.59. The number of rotatable bonds is 3. The second-order valence-electron chi connectivity index (χ2n) is 3.38. The molecule has 0 spiro atoms. The van der Waals surface area contributed by atoms with Crippen LogP contribution in [-0.4, -0.2) is 13.2 Å². The van der Waals surface area contributed by atoms with Gasteiger partial charge in [0.05, 0.1) is 6.61 Å². The van der Waals surface area contributed by atoms with E-state index in [4.69, 9.17) is 0 Å². The van der Waals surface area contributed by atoms with Gasteiger partial charge in [-0.15, -0.1) is 0 Å². The van der Waals surface area contributed by atoms with E-state index in [0.717, 1.165) is 19.3 Å². The van der Waals surface area contributed by atoms with Gasteiger partial charge in [-0.2, -0.15) is 8.78 Å². The first-order chi connectivity index (χ1) is 5.18. The molecule has 0 aromatic carbocycles. The SMILES string of the molecule is C[C@@H]1CCC(COC(F)F)C1. The fourth-order valence-electron chi connectivity index (χ4n) is 1.69. The maximum absolute atomic E-state index is 11.6.